The summed E-state index contributed by atoms with van der Waals surface area (Å²) in [7, 11) is 0. The fourth-order valence-electron chi connectivity index (χ4n) is 0.809. The van der Waals surface area contributed by atoms with Crippen molar-refractivity contribution in [3.63, 3.8) is 0 Å². The first-order valence-corrected chi connectivity index (χ1v) is 4.59. The number of anilines is 1. The van der Waals surface area contributed by atoms with Crippen molar-refractivity contribution in [2.75, 3.05) is 5.73 Å². The molecule has 0 bridgehead atoms. The van der Waals surface area contributed by atoms with Crippen LogP contribution in [-0.2, 0) is 11.3 Å². The fraction of sp³-hybridized carbons (Fsp3) is 0. The van der Waals surface area contributed by atoms with Gasteiger partial charge in [0.25, 0.3) is 0 Å². The molecule has 0 atom stereocenters. The SMILES string of the molecule is Nc1ncc2sc(=S=O)[nH]c2n1. The molecule has 2 aromatic heterocycles. The summed E-state index contributed by atoms with van der Waals surface area (Å²) in [5.41, 5.74) is 5.97. The summed E-state index contributed by atoms with van der Waals surface area (Å²) in [5, 5.41) is 0. The second-order valence-electron chi connectivity index (χ2n) is 2.04. The average molecular weight is 200 g/mol. The van der Waals surface area contributed by atoms with E-state index in [4.69, 9.17) is 5.73 Å². The topological polar surface area (TPSA) is 84.7 Å². The molecule has 2 aromatic rings. The molecule has 12 heavy (non-hydrogen) atoms. The minimum atomic E-state index is 0.207. The smallest absolute Gasteiger partial charge is 0.222 e. The van der Waals surface area contributed by atoms with E-state index in [-0.39, 0.29) is 5.95 Å². The molecule has 0 saturated carbocycles. The molecule has 3 N–H and O–H groups in total. The van der Waals surface area contributed by atoms with Crippen LogP contribution in [-0.4, -0.2) is 19.2 Å². The van der Waals surface area contributed by atoms with Crippen LogP contribution >= 0.6 is 11.3 Å². The maximum Gasteiger partial charge on any atom is 0.222 e. The molecule has 0 aliphatic rings. The Labute approximate surface area is 74.4 Å². The summed E-state index contributed by atoms with van der Waals surface area (Å²) >= 11 is 1.73. The van der Waals surface area contributed by atoms with Gasteiger partial charge in [0.05, 0.1) is 10.9 Å². The van der Waals surface area contributed by atoms with E-state index in [1.807, 2.05) is 0 Å². The van der Waals surface area contributed by atoms with E-state index in [1.165, 1.54) is 11.3 Å². The van der Waals surface area contributed by atoms with Crippen molar-refractivity contribution < 1.29 is 4.21 Å². The number of nitrogens with zero attached hydrogens (tertiary/aromatic N) is 2. The summed E-state index contributed by atoms with van der Waals surface area (Å²) in [5.74, 6) is 0.207. The lowest BCUT2D eigenvalue weighted by Crippen LogP contribution is -1.92. The van der Waals surface area contributed by atoms with Crippen molar-refractivity contribution in [1.82, 2.24) is 15.0 Å². The third kappa shape index (κ3) is 1.12. The zero-order valence-electron chi connectivity index (χ0n) is 5.77. The van der Waals surface area contributed by atoms with Crippen LogP contribution in [0.2, 0.25) is 0 Å². The zero-order chi connectivity index (χ0) is 8.55. The van der Waals surface area contributed by atoms with Crippen molar-refractivity contribution in [2.24, 2.45) is 0 Å². The maximum absolute atomic E-state index is 10.4. The molecule has 0 aliphatic heterocycles. The summed E-state index contributed by atoms with van der Waals surface area (Å²) < 4.78 is 11.8. The van der Waals surface area contributed by atoms with E-state index < -0.39 is 0 Å². The van der Waals surface area contributed by atoms with Crippen LogP contribution in [0.25, 0.3) is 10.3 Å². The van der Waals surface area contributed by atoms with E-state index in [9.17, 15) is 4.21 Å². The van der Waals surface area contributed by atoms with Crippen LogP contribution in [0.3, 0.4) is 0 Å². The molecule has 0 amide bonds. The lowest BCUT2D eigenvalue weighted by Gasteiger charge is -1.87. The number of aromatic amines is 1. The highest BCUT2D eigenvalue weighted by molar-refractivity contribution is 7.60. The number of thiazole rings is 1. The van der Waals surface area contributed by atoms with Crippen molar-refractivity contribution >= 4 is 38.9 Å². The van der Waals surface area contributed by atoms with Crippen molar-refractivity contribution in [3.05, 3.63) is 10.2 Å². The summed E-state index contributed by atoms with van der Waals surface area (Å²) in [6.07, 6.45) is 1.60. The highest BCUT2D eigenvalue weighted by Crippen LogP contribution is 2.15. The molecule has 0 unspecified atom stereocenters. The Balaban J connectivity index is 2.93. The lowest BCUT2D eigenvalue weighted by molar-refractivity contribution is 0.699. The van der Waals surface area contributed by atoms with Gasteiger partial charge in [0, 0.05) is 0 Å². The Hall–Kier alpha value is -1.21. The lowest BCUT2D eigenvalue weighted by atomic mass is 10.6. The van der Waals surface area contributed by atoms with Gasteiger partial charge < -0.3 is 10.7 Å². The minimum absolute atomic E-state index is 0.207. The quantitative estimate of drug-likeness (QED) is 0.601. The van der Waals surface area contributed by atoms with Gasteiger partial charge in [-0.2, -0.15) is 4.98 Å². The van der Waals surface area contributed by atoms with Crippen molar-refractivity contribution in [3.8, 4) is 0 Å². The normalized spacial score (nSPS) is 10.3. The fourth-order valence-corrected chi connectivity index (χ4v) is 2.00. The van der Waals surface area contributed by atoms with E-state index in [1.54, 1.807) is 6.20 Å². The molecular weight excluding hydrogens is 196 g/mol. The Morgan fingerprint density at radius 2 is 2.50 bits per heavy atom. The molecule has 7 heteroatoms. The van der Waals surface area contributed by atoms with Crippen LogP contribution in [0, 0.1) is 3.95 Å². The monoisotopic (exact) mass is 200 g/mol. The molecule has 0 aliphatic carbocycles. The third-order valence-electron chi connectivity index (χ3n) is 1.27. The van der Waals surface area contributed by atoms with Gasteiger partial charge in [-0.1, -0.05) is 11.3 Å². The molecular formula is C5H4N4OS2. The van der Waals surface area contributed by atoms with E-state index in [0.29, 0.717) is 20.9 Å². The van der Waals surface area contributed by atoms with Crippen LogP contribution in [0.15, 0.2) is 6.20 Å². The largest absolute Gasteiger partial charge is 0.368 e. The van der Waals surface area contributed by atoms with E-state index in [2.05, 4.69) is 15.0 Å². The molecule has 0 spiro atoms. The summed E-state index contributed by atoms with van der Waals surface area (Å²) in [4.78, 5) is 10.5. The second kappa shape index (κ2) is 2.68. The number of hydrogen-bond acceptors (Lipinski definition) is 5. The summed E-state index contributed by atoms with van der Waals surface area (Å²) in [6, 6.07) is 0. The zero-order valence-corrected chi connectivity index (χ0v) is 7.41. The van der Waals surface area contributed by atoms with Crippen LogP contribution in [0.4, 0.5) is 5.95 Å². The Bertz CT molecular complexity index is 509. The van der Waals surface area contributed by atoms with Gasteiger partial charge in [-0.05, 0) is 0 Å². The van der Waals surface area contributed by atoms with E-state index >= 15 is 0 Å². The number of fused-ring (bicyclic) bond motifs is 1. The Morgan fingerprint density at radius 1 is 1.67 bits per heavy atom. The minimum Gasteiger partial charge on any atom is -0.368 e. The van der Waals surface area contributed by atoms with Gasteiger partial charge in [0.2, 0.25) is 5.95 Å². The number of nitrogens with one attached hydrogen (secondary N) is 1. The molecule has 5 nitrogen and oxygen atoms in total. The number of hydrogen-bond donors (Lipinski definition) is 2. The number of aromatic nitrogens is 3. The molecule has 0 fully saturated rings. The van der Waals surface area contributed by atoms with Crippen LogP contribution in [0.5, 0.6) is 0 Å². The summed E-state index contributed by atoms with van der Waals surface area (Å²) in [6.45, 7) is 0. The van der Waals surface area contributed by atoms with Crippen LogP contribution in [0.1, 0.15) is 0 Å². The number of rotatable bonds is 0. The average Bonchev–Trinajstić information content (AvgIpc) is 2.46. The standard InChI is InChI=1S/C5H4N4OS2/c6-4-7-1-2-3(8-4)9-5(11-2)12-10/h1H,(H3,6,7,8,9). The molecule has 2 rings (SSSR count). The molecule has 2 heterocycles. The number of nitrogens with two attached hydrogens (primary N) is 1. The maximum atomic E-state index is 10.4. The first kappa shape index (κ1) is 7.44. The van der Waals surface area contributed by atoms with Gasteiger partial charge >= 0.3 is 0 Å². The number of nitrogen functional groups attached to an aromatic ring is 1. The Kier molecular flexibility index (Phi) is 1.66. The van der Waals surface area contributed by atoms with Gasteiger partial charge in [-0.25, -0.2) is 9.19 Å². The van der Waals surface area contributed by atoms with Gasteiger partial charge in [0.1, 0.15) is 11.3 Å². The number of H-pyrrole nitrogens is 1. The predicted molar refractivity (Wildman–Crippen MR) is 47.6 cm³/mol. The van der Waals surface area contributed by atoms with Gasteiger partial charge in [-0.3, -0.25) is 0 Å². The van der Waals surface area contributed by atoms with Crippen molar-refractivity contribution in [1.29, 1.82) is 0 Å². The van der Waals surface area contributed by atoms with Gasteiger partial charge in [0.15, 0.2) is 9.60 Å². The van der Waals surface area contributed by atoms with E-state index in [0.717, 1.165) is 4.70 Å². The highest BCUT2D eigenvalue weighted by Gasteiger charge is 1.98. The molecule has 62 valence electrons. The first-order chi connectivity index (χ1) is 5.79. The molecule has 0 saturated heterocycles. The van der Waals surface area contributed by atoms with Crippen molar-refractivity contribution in [2.45, 2.75) is 0 Å². The van der Waals surface area contributed by atoms with Crippen LogP contribution < -0.4 is 5.73 Å². The predicted octanol–water partition coefficient (Wildman–Crippen LogP) is 0.347. The highest BCUT2D eigenvalue weighted by atomic mass is 32.2. The Morgan fingerprint density at radius 3 is 3.25 bits per heavy atom. The first-order valence-electron chi connectivity index (χ1n) is 3.04. The molecule has 0 radical (unpaired) electrons. The third-order valence-corrected chi connectivity index (χ3v) is 2.79. The van der Waals surface area contributed by atoms with Gasteiger partial charge in [-0.15, -0.1) is 0 Å². The molecule has 0 aromatic carbocycles. The second-order valence-corrected chi connectivity index (χ2v) is 3.92.